The van der Waals surface area contributed by atoms with Crippen LogP contribution in [0.25, 0.3) is 0 Å². The van der Waals surface area contributed by atoms with Crippen LogP contribution in [0, 0.1) is 0 Å². The van der Waals surface area contributed by atoms with Gasteiger partial charge in [-0.25, -0.2) is 0 Å². The number of hydrogen-bond donors (Lipinski definition) is 0. The lowest BCUT2D eigenvalue weighted by atomic mass is 10.0. The number of carbonyl (C=O) groups is 3. The Hall–Kier alpha value is -2.89. The van der Waals surface area contributed by atoms with Crippen LogP contribution in [0.3, 0.4) is 0 Å². The van der Waals surface area contributed by atoms with Gasteiger partial charge in [-0.2, -0.15) is 0 Å². The summed E-state index contributed by atoms with van der Waals surface area (Å²) in [6, 6.07) is 0. The molecule has 6 heteroatoms. The molecule has 0 aromatic heterocycles. The number of esters is 3. The average Bonchev–Trinajstić information content (AvgIpc) is 3.37. The van der Waals surface area contributed by atoms with Crippen molar-refractivity contribution in [2.24, 2.45) is 0 Å². The van der Waals surface area contributed by atoms with Gasteiger partial charge < -0.3 is 14.2 Å². The fourth-order valence-corrected chi connectivity index (χ4v) is 8.86. The van der Waals surface area contributed by atoms with Crippen molar-refractivity contribution in [2.75, 3.05) is 13.2 Å². The van der Waals surface area contributed by atoms with E-state index in [4.69, 9.17) is 14.2 Å². The number of allylic oxidation sites excluding steroid dienone is 10. The Kier molecular flexibility index (Phi) is 57.2. The second-order valence-electron chi connectivity index (χ2n) is 20.6. The second kappa shape index (κ2) is 59.7. The Morgan fingerprint density at radius 1 is 0.296 bits per heavy atom. The zero-order valence-corrected chi connectivity index (χ0v) is 47.2. The van der Waals surface area contributed by atoms with Crippen molar-refractivity contribution >= 4 is 17.9 Å². The first-order valence-electron chi connectivity index (χ1n) is 30.8. The second-order valence-corrected chi connectivity index (χ2v) is 20.6. The molecule has 0 aliphatic rings. The van der Waals surface area contributed by atoms with Crippen molar-refractivity contribution in [1.82, 2.24) is 0 Å². The van der Waals surface area contributed by atoms with Crippen LogP contribution in [0.2, 0.25) is 0 Å². The predicted molar refractivity (Wildman–Crippen MR) is 307 cm³/mol. The highest BCUT2D eigenvalue weighted by Gasteiger charge is 2.19. The van der Waals surface area contributed by atoms with E-state index in [0.717, 1.165) is 96.3 Å². The number of carbonyl (C=O) groups excluding carboxylic acids is 3. The Labute approximate surface area is 440 Å². The van der Waals surface area contributed by atoms with Gasteiger partial charge in [0.2, 0.25) is 0 Å². The molecule has 0 heterocycles. The van der Waals surface area contributed by atoms with Crippen molar-refractivity contribution < 1.29 is 28.6 Å². The lowest BCUT2D eigenvalue weighted by molar-refractivity contribution is -0.167. The molecule has 0 saturated carbocycles. The van der Waals surface area contributed by atoms with Gasteiger partial charge in [0.25, 0.3) is 0 Å². The maximum atomic E-state index is 12.9. The highest BCUT2D eigenvalue weighted by Crippen LogP contribution is 2.16. The average molecular weight is 994 g/mol. The molecule has 0 amide bonds. The largest absolute Gasteiger partial charge is 0.462 e. The number of hydrogen-bond acceptors (Lipinski definition) is 6. The van der Waals surface area contributed by atoms with Gasteiger partial charge >= 0.3 is 17.9 Å². The van der Waals surface area contributed by atoms with Crippen LogP contribution >= 0.6 is 0 Å². The first-order chi connectivity index (χ1) is 35.0. The minimum Gasteiger partial charge on any atom is -0.462 e. The van der Waals surface area contributed by atoms with Crippen LogP contribution in [0.4, 0.5) is 0 Å². The molecular formula is C65H116O6. The molecule has 0 aromatic rings. The zero-order chi connectivity index (χ0) is 51.4. The van der Waals surface area contributed by atoms with Gasteiger partial charge in [-0.3, -0.25) is 14.4 Å². The van der Waals surface area contributed by atoms with Gasteiger partial charge in [0.1, 0.15) is 13.2 Å². The summed E-state index contributed by atoms with van der Waals surface area (Å²) >= 11 is 0. The molecule has 0 bridgehead atoms. The first-order valence-corrected chi connectivity index (χ1v) is 30.8. The molecule has 0 aliphatic carbocycles. The van der Waals surface area contributed by atoms with Gasteiger partial charge in [0.05, 0.1) is 0 Å². The molecule has 0 fully saturated rings. The normalized spacial score (nSPS) is 12.4. The third-order valence-corrected chi connectivity index (χ3v) is 13.5. The van der Waals surface area contributed by atoms with Crippen LogP contribution < -0.4 is 0 Å². The van der Waals surface area contributed by atoms with Gasteiger partial charge in [0.15, 0.2) is 6.10 Å². The van der Waals surface area contributed by atoms with Crippen LogP contribution in [-0.4, -0.2) is 37.2 Å². The van der Waals surface area contributed by atoms with Crippen molar-refractivity contribution in [3.8, 4) is 0 Å². The highest BCUT2D eigenvalue weighted by atomic mass is 16.6. The maximum Gasteiger partial charge on any atom is 0.306 e. The summed E-state index contributed by atoms with van der Waals surface area (Å²) in [4.78, 5) is 38.3. The van der Waals surface area contributed by atoms with Crippen molar-refractivity contribution in [1.29, 1.82) is 0 Å². The van der Waals surface area contributed by atoms with E-state index in [9.17, 15) is 14.4 Å². The molecule has 0 aliphatic heterocycles. The molecule has 0 radical (unpaired) electrons. The van der Waals surface area contributed by atoms with Crippen molar-refractivity contribution in [2.45, 2.75) is 322 Å². The molecule has 0 unspecified atom stereocenters. The fourth-order valence-electron chi connectivity index (χ4n) is 8.86. The summed E-state index contributed by atoms with van der Waals surface area (Å²) in [5.74, 6) is -0.889. The summed E-state index contributed by atoms with van der Waals surface area (Å²) in [5, 5.41) is 0. The van der Waals surface area contributed by atoms with E-state index in [1.807, 2.05) is 0 Å². The minimum atomic E-state index is -0.784. The van der Waals surface area contributed by atoms with E-state index in [0.29, 0.717) is 19.3 Å². The SMILES string of the molecule is CC/C=C\C/C=C\C/C=C\CCCCCCCC(=O)OC[C@H](COC(=O)CCCCCCCCCCCCC/C=C\CCCCCCCC)OC(=O)CCCCCCCCC/C=C\CCCCCCCC. The zero-order valence-electron chi connectivity index (χ0n) is 47.2. The summed E-state index contributed by atoms with van der Waals surface area (Å²) < 4.78 is 16.9. The molecule has 0 spiro atoms. The molecule has 0 rings (SSSR count). The van der Waals surface area contributed by atoms with E-state index in [-0.39, 0.29) is 31.1 Å². The molecule has 0 N–H and O–H groups in total. The molecule has 1 atom stereocenters. The van der Waals surface area contributed by atoms with Crippen molar-refractivity contribution in [3.63, 3.8) is 0 Å². The summed E-state index contributed by atoms with van der Waals surface area (Å²) in [6.07, 6.45) is 75.0. The standard InChI is InChI=1S/C65H116O6/c1-4-7-10-13-16-19-22-25-28-30-31-32-33-35-37-40-43-46-49-52-55-58-64(67)70-61-62(60-69-63(66)57-54-51-48-45-42-39-36-27-24-21-18-15-12-9-6-3)71-65(68)59-56-53-50-47-44-41-38-34-29-26-23-20-17-14-11-8-5-2/h9,12,18,21,25-29,36,62H,4-8,10-11,13-17,19-20,22-24,30-35,37-61H2,1-3H3/b12-9-,21-18-,28-25-,29-26-,36-27-/t62-/m1/s1. The Balaban J connectivity index is 4.35. The third kappa shape index (κ3) is 57.9. The molecule has 0 aromatic carbocycles. The van der Waals surface area contributed by atoms with Crippen LogP contribution in [0.15, 0.2) is 60.8 Å². The summed E-state index contributed by atoms with van der Waals surface area (Å²) in [7, 11) is 0. The smallest absolute Gasteiger partial charge is 0.306 e. The topological polar surface area (TPSA) is 78.9 Å². The predicted octanol–water partition coefficient (Wildman–Crippen LogP) is 20.8. The van der Waals surface area contributed by atoms with Crippen molar-refractivity contribution in [3.05, 3.63) is 60.8 Å². The molecular weight excluding hydrogens is 877 g/mol. The van der Waals surface area contributed by atoms with Gasteiger partial charge in [-0.05, 0) is 103 Å². The number of rotatable bonds is 56. The van der Waals surface area contributed by atoms with E-state index < -0.39 is 6.10 Å². The van der Waals surface area contributed by atoms with E-state index in [2.05, 4.69) is 81.5 Å². The molecule has 71 heavy (non-hydrogen) atoms. The Bertz CT molecular complexity index is 1280. The van der Waals surface area contributed by atoms with Crippen LogP contribution in [0.1, 0.15) is 316 Å². The minimum absolute atomic E-state index is 0.0803. The number of ether oxygens (including phenoxy) is 3. The van der Waals surface area contributed by atoms with Crippen LogP contribution in [-0.2, 0) is 28.6 Å². The lowest BCUT2D eigenvalue weighted by Crippen LogP contribution is -2.30. The fraction of sp³-hybridized carbons (Fsp3) is 0.800. The van der Waals surface area contributed by atoms with E-state index in [1.165, 1.54) is 180 Å². The van der Waals surface area contributed by atoms with Gasteiger partial charge in [-0.15, -0.1) is 0 Å². The third-order valence-electron chi connectivity index (χ3n) is 13.5. The van der Waals surface area contributed by atoms with Gasteiger partial charge in [-0.1, -0.05) is 255 Å². The highest BCUT2D eigenvalue weighted by molar-refractivity contribution is 5.71. The van der Waals surface area contributed by atoms with Gasteiger partial charge in [0, 0.05) is 19.3 Å². The quantitative estimate of drug-likeness (QED) is 0.0261. The van der Waals surface area contributed by atoms with E-state index >= 15 is 0 Å². The molecule has 0 saturated heterocycles. The summed E-state index contributed by atoms with van der Waals surface area (Å²) in [5.41, 5.74) is 0. The maximum absolute atomic E-state index is 12.9. The lowest BCUT2D eigenvalue weighted by Gasteiger charge is -2.18. The monoisotopic (exact) mass is 993 g/mol. The van der Waals surface area contributed by atoms with Crippen LogP contribution in [0.5, 0.6) is 0 Å². The first kappa shape index (κ1) is 68.1. The number of unbranched alkanes of at least 4 members (excludes halogenated alkanes) is 35. The molecule has 6 nitrogen and oxygen atoms in total. The molecule has 412 valence electrons. The van der Waals surface area contributed by atoms with E-state index in [1.54, 1.807) is 0 Å². The Morgan fingerprint density at radius 3 is 0.873 bits per heavy atom. The summed E-state index contributed by atoms with van der Waals surface area (Å²) in [6.45, 7) is 6.54. The Morgan fingerprint density at radius 2 is 0.549 bits per heavy atom.